The van der Waals surface area contributed by atoms with Crippen molar-refractivity contribution in [3.8, 4) is 0 Å². The molecular formula is C8H8F4N2. The van der Waals surface area contributed by atoms with Crippen LogP contribution in [0, 0.1) is 5.82 Å². The van der Waals surface area contributed by atoms with Gasteiger partial charge in [0.2, 0.25) is 0 Å². The van der Waals surface area contributed by atoms with Gasteiger partial charge in [-0.25, -0.2) is 4.39 Å². The fraction of sp³-hybridized carbons (Fsp3) is 0.250. The van der Waals surface area contributed by atoms with Crippen molar-refractivity contribution in [2.24, 2.45) is 5.73 Å². The predicted molar refractivity (Wildman–Crippen MR) is 43.7 cm³/mol. The largest absolute Gasteiger partial charge is 0.419 e. The van der Waals surface area contributed by atoms with Crippen molar-refractivity contribution in [3.63, 3.8) is 0 Å². The van der Waals surface area contributed by atoms with E-state index in [1.807, 2.05) is 0 Å². The maximum Gasteiger partial charge on any atom is 0.419 e. The molecule has 0 atom stereocenters. The summed E-state index contributed by atoms with van der Waals surface area (Å²) in [6.07, 6.45) is -4.74. The smallest absolute Gasteiger partial charge is 0.399 e. The van der Waals surface area contributed by atoms with Crippen LogP contribution in [0.3, 0.4) is 0 Å². The summed E-state index contributed by atoms with van der Waals surface area (Å²) in [5.74, 6) is -1.39. The first-order valence-corrected chi connectivity index (χ1v) is 3.71. The maximum absolute atomic E-state index is 12.9. The van der Waals surface area contributed by atoms with Gasteiger partial charge in [-0.05, 0) is 17.7 Å². The van der Waals surface area contributed by atoms with Crippen LogP contribution >= 0.6 is 0 Å². The van der Waals surface area contributed by atoms with E-state index in [1.165, 1.54) is 0 Å². The van der Waals surface area contributed by atoms with Crippen molar-refractivity contribution in [2.45, 2.75) is 12.7 Å². The highest BCUT2D eigenvalue weighted by atomic mass is 19.4. The van der Waals surface area contributed by atoms with Crippen molar-refractivity contribution in [2.75, 3.05) is 5.73 Å². The summed E-state index contributed by atoms with van der Waals surface area (Å²) in [6.45, 7) is -0.406. The number of hydrogen-bond donors (Lipinski definition) is 2. The zero-order chi connectivity index (χ0) is 10.9. The molecule has 0 fully saturated rings. The Labute approximate surface area is 77.5 Å². The molecule has 0 aliphatic rings. The molecule has 0 bridgehead atoms. The lowest BCUT2D eigenvalue weighted by molar-refractivity contribution is -0.140. The summed E-state index contributed by atoms with van der Waals surface area (Å²) >= 11 is 0. The summed E-state index contributed by atoms with van der Waals surface area (Å²) in [4.78, 5) is 0. The topological polar surface area (TPSA) is 52.0 Å². The second-order valence-electron chi connectivity index (χ2n) is 2.74. The van der Waals surface area contributed by atoms with Gasteiger partial charge in [0.15, 0.2) is 0 Å². The molecule has 0 saturated carbocycles. The van der Waals surface area contributed by atoms with Gasteiger partial charge in [0.05, 0.1) is 5.56 Å². The molecule has 0 aliphatic carbocycles. The van der Waals surface area contributed by atoms with Crippen molar-refractivity contribution in [1.82, 2.24) is 0 Å². The van der Waals surface area contributed by atoms with E-state index < -0.39 is 24.1 Å². The molecule has 1 rings (SSSR count). The van der Waals surface area contributed by atoms with Crippen LogP contribution in [0.25, 0.3) is 0 Å². The summed E-state index contributed by atoms with van der Waals surface area (Å²) in [7, 11) is 0. The molecule has 0 aromatic heterocycles. The van der Waals surface area contributed by atoms with Crippen molar-refractivity contribution >= 4 is 5.69 Å². The first-order valence-electron chi connectivity index (χ1n) is 3.71. The van der Waals surface area contributed by atoms with Crippen LogP contribution in [0.1, 0.15) is 11.1 Å². The Hall–Kier alpha value is -1.30. The van der Waals surface area contributed by atoms with Crippen LogP contribution in [0.4, 0.5) is 23.2 Å². The highest BCUT2D eigenvalue weighted by molar-refractivity contribution is 5.46. The molecule has 6 heteroatoms. The lowest BCUT2D eigenvalue weighted by Gasteiger charge is -2.13. The number of benzene rings is 1. The lowest BCUT2D eigenvalue weighted by Crippen LogP contribution is -2.15. The third-order valence-electron chi connectivity index (χ3n) is 1.70. The molecule has 1 aromatic rings. The molecule has 2 nitrogen and oxygen atoms in total. The average molecular weight is 208 g/mol. The van der Waals surface area contributed by atoms with Gasteiger partial charge in [-0.2, -0.15) is 13.2 Å². The average Bonchev–Trinajstić information content (AvgIpc) is 1.99. The fourth-order valence-electron chi connectivity index (χ4n) is 1.17. The molecule has 0 radical (unpaired) electrons. The van der Waals surface area contributed by atoms with Crippen molar-refractivity contribution in [1.29, 1.82) is 0 Å². The molecule has 0 aliphatic heterocycles. The number of rotatable bonds is 1. The Bertz CT molecular complexity index is 346. The second-order valence-corrected chi connectivity index (χ2v) is 2.74. The number of nitrogens with two attached hydrogens (primary N) is 2. The molecule has 0 heterocycles. The molecule has 14 heavy (non-hydrogen) atoms. The van der Waals surface area contributed by atoms with E-state index in [-0.39, 0.29) is 11.3 Å². The van der Waals surface area contributed by atoms with E-state index in [4.69, 9.17) is 11.5 Å². The van der Waals surface area contributed by atoms with E-state index >= 15 is 0 Å². The molecule has 1 aromatic carbocycles. The van der Waals surface area contributed by atoms with Crippen LogP contribution in [0.2, 0.25) is 0 Å². The van der Waals surface area contributed by atoms with Gasteiger partial charge in [0.25, 0.3) is 0 Å². The lowest BCUT2D eigenvalue weighted by atomic mass is 10.1. The molecule has 4 N–H and O–H groups in total. The Balaban J connectivity index is 3.40. The highest BCUT2D eigenvalue weighted by Gasteiger charge is 2.36. The summed E-state index contributed by atoms with van der Waals surface area (Å²) in [6, 6.07) is 1.65. The third-order valence-corrected chi connectivity index (χ3v) is 1.70. The Morgan fingerprint density at radius 1 is 1.21 bits per heavy atom. The number of nitrogen functional groups attached to an aromatic ring is 1. The minimum atomic E-state index is -4.74. The number of alkyl halides is 3. The molecule has 0 spiro atoms. The quantitative estimate of drug-likeness (QED) is 0.547. The van der Waals surface area contributed by atoms with Gasteiger partial charge in [0, 0.05) is 12.2 Å². The van der Waals surface area contributed by atoms with Crippen LogP contribution in [0.5, 0.6) is 0 Å². The second kappa shape index (κ2) is 3.45. The van der Waals surface area contributed by atoms with Gasteiger partial charge in [-0.3, -0.25) is 0 Å². The summed E-state index contributed by atoms with van der Waals surface area (Å²) in [5, 5.41) is 0. The van der Waals surface area contributed by atoms with Crippen LogP contribution < -0.4 is 11.5 Å². The van der Waals surface area contributed by atoms with Crippen LogP contribution in [-0.4, -0.2) is 0 Å². The normalized spacial score (nSPS) is 11.8. The van der Waals surface area contributed by atoms with E-state index in [1.54, 1.807) is 0 Å². The third kappa shape index (κ3) is 1.95. The molecule has 0 saturated heterocycles. The van der Waals surface area contributed by atoms with E-state index in [0.29, 0.717) is 6.07 Å². The minimum Gasteiger partial charge on any atom is -0.399 e. The highest BCUT2D eigenvalue weighted by Crippen LogP contribution is 2.34. The van der Waals surface area contributed by atoms with E-state index in [9.17, 15) is 17.6 Å². The summed E-state index contributed by atoms with van der Waals surface area (Å²) < 4.78 is 49.8. The maximum atomic E-state index is 12.9. The number of hydrogen-bond acceptors (Lipinski definition) is 2. The number of halogens is 4. The molecule has 0 amide bonds. The zero-order valence-electron chi connectivity index (χ0n) is 7.03. The monoisotopic (exact) mass is 208 g/mol. The summed E-state index contributed by atoms with van der Waals surface area (Å²) in [5.41, 5.74) is 8.50. The Morgan fingerprint density at radius 2 is 1.79 bits per heavy atom. The minimum absolute atomic E-state index is 0.0732. The van der Waals surface area contributed by atoms with Gasteiger partial charge >= 0.3 is 6.18 Å². The SMILES string of the molecule is NCc1cc(N)cc(F)c1C(F)(F)F. The zero-order valence-corrected chi connectivity index (χ0v) is 7.03. The van der Waals surface area contributed by atoms with Crippen molar-refractivity contribution < 1.29 is 17.6 Å². The fourth-order valence-corrected chi connectivity index (χ4v) is 1.17. The van der Waals surface area contributed by atoms with Gasteiger partial charge < -0.3 is 11.5 Å². The van der Waals surface area contributed by atoms with Crippen LogP contribution in [-0.2, 0) is 12.7 Å². The van der Waals surface area contributed by atoms with Crippen LogP contribution in [0.15, 0.2) is 12.1 Å². The van der Waals surface area contributed by atoms with E-state index in [2.05, 4.69) is 0 Å². The Kier molecular flexibility index (Phi) is 2.66. The predicted octanol–water partition coefficient (Wildman–Crippen LogP) is 1.89. The molecule has 0 unspecified atom stereocenters. The first kappa shape index (κ1) is 10.8. The van der Waals surface area contributed by atoms with Gasteiger partial charge in [0.1, 0.15) is 5.82 Å². The first-order chi connectivity index (χ1) is 6.36. The van der Waals surface area contributed by atoms with Gasteiger partial charge in [-0.1, -0.05) is 0 Å². The standard InChI is InChI=1S/C8H8F4N2/c9-6-2-5(14)1-4(3-13)7(6)8(10,11)12/h1-2H,3,13-14H2. The van der Waals surface area contributed by atoms with Gasteiger partial charge in [-0.15, -0.1) is 0 Å². The molecular weight excluding hydrogens is 200 g/mol. The van der Waals surface area contributed by atoms with Crippen molar-refractivity contribution in [3.05, 3.63) is 29.1 Å². The number of anilines is 1. The van der Waals surface area contributed by atoms with E-state index in [0.717, 1.165) is 6.07 Å². The Morgan fingerprint density at radius 3 is 2.21 bits per heavy atom. The molecule has 78 valence electrons.